The highest BCUT2D eigenvalue weighted by molar-refractivity contribution is 9.10. The monoisotopic (exact) mass is 499 g/mol. The van der Waals surface area contributed by atoms with Crippen molar-refractivity contribution in [2.45, 2.75) is 25.7 Å². The standard InChI is InChI=1S/C23H22BrN3O3S/c1-16(28)26-31(29,30)14-11-23(2)20-15-18(24)6-9-21(20)25-22(23)10-5-17-3-7-19(8-4-17)27-12-13-27/h3-10,12-13,15H,11,14H2,1-2H3,(H,26,28). The Morgan fingerprint density at radius 2 is 1.87 bits per heavy atom. The molecule has 2 aromatic carbocycles. The summed E-state index contributed by atoms with van der Waals surface area (Å²) < 4.78 is 27.5. The van der Waals surface area contributed by atoms with Crippen LogP contribution in [0.25, 0.3) is 6.08 Å². The summed E-state index contributed by atoms with van der Waals surface area (Å²) in [6.07, 6.45) is 8.22. The summed E-state index contributed by atoms with van der Waals surface area (Å²) in [5.74, 6) is -0.769. The fourth-order valence-corrected chi connectivity index (χ4v) is 5.25. The first-order chi connectivity index (χ1) is 14.7. The highest BCUT2D eigenvalue weighted by Crippen LogP contribution is 2.44. The second kappa shape index (κ2) is 8.09. The van der Waals surface area contributed by atoms with Crippen molar-refractivity contribution in [1.82, 2.24) is 4.72 Å². The molecule has 0 bridgehead atoms. The van der Waals surface area contributed by atoms with Crippen LogP contribution in [0.4, 0.5) is 11.4 Å². The molecule has 0 aliphatic carbocycles. The summed E-state index contributed by atoms with van der Waals surface area (Å²) in [6, 6.07) is 14.0. The van der Waals surface area contributed by atoms with Gasteiger partial charge < -0.3 is 4.90 Å². The Balaban J connectivity index is 1.60. The van der Waals surface area contributed by atoms with Gasteiger partial charge in [0, 0.05) is 34.9 Å². The lowest BCUT2D eigenvalue weighted by molar-refractivity contribution is -0.117. The zero-order valence-electron chi connectivity index (χ0n) is 17.2. The van der Waals surface area contributed by atoms with Gasteiger partial charge in [0.1, 0.15) is 0 Å². The Bertz CT molecular complexity index is 1230. The van der Waals surface area contributed by atoms with Gasteiger partial charge in [-0.3, -0.25) is 14.5 Å². The van der Waals surface area contributed by atoms with E-state index in [1.165, 1.54) is 6.92 Å². The zero-order valence-corrected chi connectivity index (χ0v) is 19.6. The summed E-state index contributed by atoms with van der Waals surface area (Å²) in [6.45, 7) is 3.19. The number of fused-ring (bicyclic) bond motifs is 1. The lowest BCUT2D eigenvalue weighted by Gasteiger charge is -2.26. The van der Waals surface area contributed by atoms with E-state index < -0.39 is 21.3 Å². The Labute approximate surface area is 190 Å². The van der Waals surface area contributed by atoms with Crippen LogP contribution in [0.3, 0.4) is 0 Å². The summed E-state index contributed by atoms with van der Waals surface area (Å²) in [5.41, 5.74) is 4.10. The van der Waals surface area contributed by atoms with Crippen molar-refractivity contribution in [3.63, 3.8) is 0 Å². The molecular formula is C23H22BrN3O3S. The van der Waals surface area contributed by atoms with Crippen LogP contribution in [0.5, 0.6) is 0 Å². The molecule has 0 saturated heterocycles. The lowest BCUT2D eigenvalue weighted by atomic mass is 9.77. The number of amides is 1. The smallest absolute Gasteiger partial charge is 0.234 e. The van der Waals surface area contributed by atoms with Crippen molar-refractivity contribution in [3.05, 3.63) is 76.5 Å². The molecule has 0 fully saturated rings. The number of sulfonamides is 1. The largest absolute Gasteiger partial charge is 0.321 e. The van der Waals surface area contributed by atoms with Gasteiger partial charge in [-0.25, -0.2) is 8.42 Å². The summed E-state index contributed by atoms with van der Waals surface area (Å²) in [5, 5.41) is 0. The molecule has 2 aliphatic heterocycles. The predicted molar refractivity (Wildman–Crippen MR) is 128 cm³/mol. The molecule has 0 spiro atoms. The van der Waals surface area contributed by atoms with Crippen molar-refractivity contribution >= 4 is 55.0 Å². The third-order valence-corrected chi connectivity index (χ3v) is 7.29. The third kappa shape index (κ3) is 4.80. The number of hydrogen-bond acceptors (Lipinski definition) is 5. The molecule has 1 amide bonds. The number of benzene rings is 2. The summed E-state index contributed by atoms with van der Waals surface area (Å²) >= 11 is 3.51. The highest BCUT2D eigenvalue weighted by Gasteiger charge is 2.39. The Kier molecular flexibility index (Phi) is 5.61. The maximum atomic E-state index is 12.3. The van der Waals surface area contributed by atoms with Crippen LogP contribution < -0.4 is 9.62 Å². The van der Waals surface area contributed by atoms with Gasteiger partial charge in [-0.15, -0.1) is 0 Å². The number of carbonyl (C=O) groups is 1. The molecule has 4 rings (SSSR count). The van der Waals surface area contributed by atoms with Gasteiger partial charge in [0.15, 0.2) is 0 Å². The number of aliphatic imine (C=N–C) groups is 1. The zero-order chi connectivity index (χ0) is 22.2. The minimum atomic E-state index is -3.72. The van der Waals surface area contributed by atoms with E-state index in [0.717, 1.165) is 32.7 Å². The molecule has 0 aromatic heterocycles. The SMILES string of the molecule is CC(=O)NS(=O)(=O)CCC1(C)C(C=Cc2ccc(N3C=C3)cc2)=Nc2ccc(Br)cc21. The van der Waals surface area contributed by atoms with Gasteiger partial charge in [0.2, 0.25) is 15.9 Å². The van der Waals surface area contributed by atoms with E-state index in [1.54, 1.807) is 0 Å². The molecule has 6 nitrogen and oxygen atoms in total. The Morgan fingerprint density at radius 3 is 2.52 bits per heavy atom. The first-order valence-corrected chi connectivity index (χ1v) is 12.3. The predicted octanol–water partition coefficient (Wildman–Crippen LogP) is 4.65. The van der Waals surface area contributed by atoms with E-state index in [-0.39, 0.29) is 5.75 Å². The molecule has 31 heavy (non-hydrogen) atoms. The van der Waals surface area contributed by atoms with Crippen LogP contribution >= 0.6 is 15.9 Å². The van der Waals surface area contributed by atoms with Crippen LogP contribution in [0, 0.1) is 0 Å². The van der Waals surface area contributed by atoms with Crippen LogP contribution in [-0.4, -0.2) is 25.8 Å². The molecule has 2 aliphatic rings. The molecule has 2 heterocycles. The molecular weight excluding hydrogens is 478 g/mol. The Morgan fingerprint density at radius 1 is 1.16 bits per heavy atom. The van der Waals surface area contributed by atoms with Crippen molar-refractivity contribution in [3.8, 4) is 0 Å². The Hall–Kier alpha value is -2.71. The quantitative estimate of drug-likeness (QED) is 0.600. The number of nitrogens with zero attached hydrogens (tertiary/aromatic N) is 2. The van der Waals surface area contributed by atoms with E-state index in [0.29, 0.717) is 6.42 Å². The normalized spacial score (nSPS) is 19.5. The van der Waals surface area contributed by atoms with Crippen molar-refractivity contribution in [2.75, 3.05) is 10.7 Å². The molecule has 1 atom stereocenters. The first-order valence-electron chi connectivity index (χ1n) is 9.81. The van der Waals surface area contributed by atoms with Gasteiger partial charge in [-0.1, -0.05) is 34.1 Å². The minimum Gasteiger partial charge on any atom is -0.321 e. The second-order valence-corrected chi connectivity index (χ2v) is 10.6. The maximum Gasteiger partial charge on any atom is 0.234 e. The molecule has 1 N–H and O–H groups in total. The molecule has 0 saturated carbocycles. The average molecular weight is 500 g/mol. The van der Waals surface area contributed by atoms with E-state index in [4.69, 9.17) is 4.99 Å². The van der Waals surface area contributed by atoms with Crippen LogP contribution in [0.15, 0.2) is 70.4 Å². The van der Waals surface area contributed by atoms with Crippen LogP contribution in [0.1, 0.15) is 31.4 Å². The fraction of sp³-hybridized carbons (Fsp3) is 0.217. The van der Waals surface area contributed by atoms with Crippen molar-refractivity contribution < 1.29 is 13.2 Å². The highest BCUT2D eigenvalue weighted by atomic mass is 79.9. The fourth-order valence-electron chi connectivity index (χ4n) is 3.67. The van der Waals surface area contributed by atoms with Gasteiger partial charge in [-0.05, 0) is 60.9 Å². The number of hydrogen-bond donors (Lipinski definition) is 1. The van der Waals surface area contributed by atoms with E-state index in [9.17, 15) is 13.2 Å². The number of allylic oxidation sites excluding steroid dienone is 1. The van der Waals surface area contributed by atoms with Gasteiger partial charge in [-0.2, -0.15) is 0 Å². The second-order valence-electron chi connectivity index (χ2n) is 7.85. The number of halogens is 1. The van der Waals surface area contributed by atoms with Crippen molar-refractivity contribution in [2.24, 2.45) is 4.99 Å². The van der Waals surface area contributed by atoms with Gasteiger partial charge in [0.25, 0.3) is 0 Å². The van der Waals surface area contributed by atoms with Gasteiger partial charge >= 0.3 is 0 Å². The average Bonchev–Trinajstić information content (AvgIpc) is 3.51. The first kappa shape index (κ1) is 21.5. The topological polar surface area (TPSA) is 78.6 Å². The van der Waals surface area contributed by atoms with E-state index >= 15 is 0 Å². The number of carbonyl (C=O) groups excluding carboxylic acids is 1. The third-order valence-electron chi connectivity index (χ3n) is 5.45. The maximum absolute atomic E-state index is 12.3. The molecule has 2 aromatic rings. The number of nitrogens with one attached hydrogen (secondary N) is 1. The molecule has 1 unspecified atom stereocenters. The number of rotatable bonds is 7. The van der Waals surface area contributed by atoms with Gasteiger partial charge in [0.05, 0.1) is 17.2 Å². The minimum absolute atomic E-state index is 0.181. The number of anilines is 1. The molecule has 8 heteroatoms. The molecule has 0 radical (unpaired) electrons. The van der Waals surface area contributed by atoms with E-state index in [1.807, 2.05) is 83.6 Å². The summed E-state index contributed by atoms with van der Waals surface area (Å²) in [4.78, 5) is 18.1. The van der Waals surface area contributed by atoms with E-state index in [2.05, 4.69) is 15.9 Å². The van der Waals surface area contributed by atoms with Crippen LogP contribution in [-0.2, 0) is 20.2 Å². The van der Waals surface area contributed by atoms with Crippen LogP contribution in [0.2, 0.25) is 0 Å². The lowest BCUT2D eigenvalue weighted by Crippen LogP contribution is -2.36. The molecule has 160 valence electrons. The van der Waals surface area contributed by atoms with Crippen molar-refractivity contribution in [1.29, 1.82) is 0 Å². The summed E-state index contributed by atoms with van der Waals surface area (Å²) in [7, 11) is -3.72.